The quantitative estimate of drug-likeness (QED) is 0.388. The summed E-state index contributed by atoms with van der Waals surface area (Å²) in [5.41, 5.74) is 3.88. The van der Waals surface area contributed by atoms with Crippen LogP contribution in [0, 0.1) is 11.8 Å². The van der Waals surface area contributed by atoms with E-state index in [9.17, 15) is 14.4 Å². The Morgan fingerprint density at radius 3 is 2.00 bits per heavy atom. The number of anilines is 2. The van der Waals surface area contributed by atoms with E-state index in [1.165, 1.54) is 4.90 Å². The number of amides is 3. The van der Waals surface area contributed by atoms with Crippen LogP contribution in [0.3, 0.4) is 0 Å². The second-order valence-corrected chi connectivity index (χ2v) is 10.7. The lowest BCUT2D eigenvalue weighted by atomic mass is 9.81. The SMILES string of the molecule is CCc1cccc(CC)c1NC(=O)c1cccc(N2C(=O)[C@@H]3C[C@H](Br)[C@@H](Br)C[C@H]3C2=O)c1. The number of rotatable bonds is 5. The lowest BCUT2D eigenvalue weighted by Gasteiger charge is -2.29. The van der Waals surface area contributed by atoms with Crippen molar-refractivity contribution in [3.8, 4) is 0 Å². The predicted octanol–water partition coefficient (Wildman–Crippen LogP) is 5.49. The molecule has 168 valence electrons. The largest absolute Gasteiger partial charge is 0.321 e. The van der Waals surface area contributed by atoms with Crippen LogP contribution in [0.2, 0.25) is 0 Å². The number of nitrogens with zero attached hydrogens (tertiary/aromatic N) is 1. The Labute approximate surface area is 205 Å². The van der Waals surface area contributed by atoms with Crippen LogP contribution in [0.5, 0.6) is 0 Å². The first-order valence-electron chi connectivity index (χ1n) is 11.0. The minimum absolute atomic E-state index is 0.156. The lowest BCUT2D eigenvalue weighted by molar-refractivity contribution is -0.122. The van der Waals surface area contributed by atoms with Gasteiger partial charge in [-0.05, 0) is 55.0 Å². The number of carbonyl (C=O) groups is 3. The second kappa shape index (κ2) is 9.48. The van der Waals surface area contributed by atoms with Gasteiger partial charge < -0.3 is 5.32 Å². The third-order valence-corrected chi connectivity index (χ3v) is 9.25. The molecule has 1 saturated heterocycles. The van der Waals surface area contributed by atoms with Gasteiger partial charge in [0.2, 0.25) is 11.8 Å². The number of alkyl halides is 2. The van der Waals surface area contributed by atoms with E-state index in [-0.39, 0.29) is 39.2 Å². The van der Waals surface area contributed by atoms with Crippen molar-refractivity contribution in [2.24, 2.45) is 11.8 Å². The van der Waals surface area contributed by atoms with Gasteiger partial charge >= 0.3 is 0 Å². The summed E-state index contributed by atoms with van der Waals surface area (Å²) in [7, 11) is 0. The average molecular weight is 562 g/mol. The van der Waals surface area contributed by atoms with Gasteiger partial charge in [0.1, 0.15) is 0 Å². The highest BCUT2D eigenvalue weighted by Crippen LogP contribution is 2.44. The maximum atomic E-state index is 13.1. The van der Waals surface area contributed by atoms with Gasteiger partial charge in [-0.1, -0.05) is 70.0 Å². The van der Waals surface area contributed by atoms with Crippen LogP contribution >= 0.6 is 31.9 Å². The molecule has 0 aromatic heterocycles. The first kappa shape index (κ1) is 23.2. The van der Waals surface area contributed by atoms with Crippen molar-refractivity contribution in [1.29, 1.82) is 0 Å². The average Bonchev–Trinajstić information content (AvgIpc) is 3.03. The Morgan fingerprint density at radius 2 is 1.47 bits per heavy atom. The molecule has 0 spiro atoms. The van der Waals surface area contributed by atoms with Gasteiger partial charge in [0.25, 0.3) is 5.91 Å². The predicted molar refractivity (Wildman–Crippen MR) is 134 cm³/mol. The number of para-hydroxylation sites is 1. The maximum absolute atomic E-state index is 13.1. The molecule has 2 aromatic carbocycles. The monoisotopic (exact) mass is 560 g/mol. The number of hydrogen-bond acceptors (Lipinski definition) is 3. The van der Waals surface area contributed by atoms with Crippen LogP contribution in [0.25, 0.3) is 0 Å². The normalized spacial score (nSPS) is 25.1. The van der Waals surface area contributed by atoms with Crippen molar-refractivity contribution in [2.45, 2.75) is 49.2 Å². The summed E-state index contributed by atoms with van der Waals surface area (Å²) >= 11 is 7.23. The summed E-state index contributed by atoms with van der Waals surface area (Å²) in [6.45, 7) is 4.12. The van der Waals surface area contributed by atoms with E-state index in [0.29, 0.717) is 24.1 Å². The van der Waals surface area contributed by atoms with Crippen molar-refractivity contribution in [3.05, 3.63) is 59.2 Å². The highest BCUT2D eigenvalue weighted by atomic mass is 79.9. The molecule has 2 aliphatic rings. The minimum Gasteiger partial charge on any atom is -0.321 e. The third-order valence-electron chi connectivity index (χ3n) is 6.52. The van der Waals surface area contributed by atoms with Gasteiger partial charge in [-0.15, -0.1) is 0 Å². The number of carbonyl (C=O) groups excluding carboxylic acids is 3. The number of nitrogens with one attached hydrogen (secondary N) is 1. The molecular formula is C25H26Br2N2O3. The number of fused-ring (bicyclic) bond motifs is 1. The Balaban J connectivity index is 1.60. The summed E-state index contributed by atoms with van der Waals surface area (Å²) in [4.78, 5) is 40.9. The Morgan fingerprint density at radius 1 is 0.938 bits per heavy atom. The number of halogens is 2. The van der Waals surface area contributed by atoms with Crippen molar-refractivity contribution >= 4 is 61.0 Å². The molecule has 2 aromatic rings. The molecule has 1 heterocycles. The van der Waals surface area contributed by atoms with Crippen LogP contribution in [0.1, 0.15) is 48.2 Å². The molecule has 0 unspecified atom stereocenters. The molecule has 3 amide bonds. The van der Waals surface area contributed by atoms with E-state index in [1.54, 1.807) is 24.3 Å². The number of aryl methyl sites for hydroxylation is 2. The standard InChI is InChI=1S/C25H26Br2N2O3/c1-3-14-7-5-8-15(4-2)22(14)28-23(30)16-9-6-10-17(11-16)29-24(31)18-12-20(26)21(27)13-19(18)25(29)32/h5-11,18-21H,3-4,12-13H2,1-2H3,(H,28,30)/t18-,19-,20+,21+/m1/s1. The summed E-state index contributed by atoms with van der Waals surface area (Å²) < 4.78 is 0. The Kier molecular flexibility index (Phi) is 6.86. The van der Waals surface area contributed by atoms with Gasteiger partial charge in [0.05, 0.1) is 17.5 Å². The fraction of sp³-hybridized carbons (Fsp3) is 0.400. The fourth-order valence-corrected chi connectivity index (χ4v) is 5.96. The van der Waals surface area contributed by atoms with Gasteiger partial charge in [-0.2, -0.15) is 0 Å². The van der Waals surface area contributed by atoms with Gasteiger partial charge in [0, 0.05) is 20.9 Å². The highest BCUT2D eigenvalue weighted by molar-refractivity contribution is 9.12. The highest BCUT2D eigenvalue weighted by Gasteiger charge is 2.52. The molecule has 4 rings (SSSR count). The van der Waals surface area contributed by atoms with Crippen LogP contribution in [0.4, 0.5) is 11.4 Å². The lowest BCUT2D eigenvalue weighted by Crippen LogP contribution is -2.34. The fourth-order valence-electron chi connectivity index (χ4n) is 4.72. The zero-order valence-electron chi connectivity index (χ0n) is 18.1. The Hall–Kier alpha value is -1.99. The third kappa shape index (κ3) is 4.17. The van der Waals surface area contributed by atoms with Crippen molar-refractivity contribution in [1.82, 2.24) is 0 Å². The van der Waals surface area contributed by atoms with Gasteiger partial charge in [-0.3, -0.25) is 19.3 Å². The van der Waals surface area contributed by atoms with Crippen molar-refractivity contribution in [3.63, 3.8) is 0 Å². The molecule has 32 heavy (non-hydrogen) atoms. The van der Waals surface area contributed by atoms with E-state index >= 15 is 0 Å². The van der Waals surface area contributed by atoms with Crippen LogP contribution in [0.15, 0.2) is 42.5 Å². The first-order chi connectivity index (χ1) is 15.3. The molecule has 7 heteroatoms. The van der Waals surface area contributed by atoms with Crippen LogP contribution in [-0.2, 0) is 22.4 Å². The molecule has 4 atom stereocenters. The molecule has 1 saturated carbocycles. The molecule has 1 N–H and O–H groups in total. The molecule has 0 bridgehead atoms. The first-order valence-corrected chi connectivity index (χ1v) is 12.9. The smallest absolute Gasteiger partial charge is 0.255 e. The van der Waals surface area contributed by atoms with E-state index in [4.69, 9.17) is 0 Å². The maximum Gasteiger partial charge on any atom is 0.255 e. The van der Waals surface area contributed by atoms with Crippen molar-refractivity contribution in [2.75, 3.05) is 10.2 Å². The zero-order valence-corrected chi connectivity index (χ0v) is 21.3. The summed E-state index contributed by atoms with van der Waals surface area (Å²) in [5.74, 6) is -1.24. The molecule has 1 aliphatic heterocycles. The van der Waals surface area contributed by atoms with Crippen LogP contribution in [-0.4, -0.2) is 27.4 Å². The van der Waals surface area contributed by atoms with Gasteiger partial charge in [-0.25, -0.2) is 0 Å². The molecule has 2 fully saturated rings. The van der Waals surface area contributed by atoms with E-state index in [2.05, 4.69) is 51.0 Å². The molecule has 0 radical (unpaired) electrons. The summed E-state index contributed by atoms with van der Waals surface area (Å²) in [5, 5.41) is 3.06. The Bertz CT molecular complexity index is 1020. The molecule has 5 nitrogen and oxygen atoms in total. The zero-order chi connectivity index (χ0) is 23.0. The topological polar surface area (TPSA) is 66.5 Å². The van der Waals surface area contributed by atoms with E-state index in [1.807, 2.05) is 18.2 Å². The molecule has 1 aliphatic carbocycles. The van der Waals surface area contributed by atoms with E-state index < -0.39 is 0 Å². The number of imide groups is 1. The summed E-state index contributed by atoms with van der Waals surface area (Å²) in [6.07, 6.45) is 2.86. The summed E-state index contributed by atoms with van der Waals surface area (Å²) in [6, 6.07) is 12.8. The van der Waals surface area contributed by atoms with Crippen LogP contribution < -0.4 is 10.2 Å². The van der Waals surface area contributed by atoms with Crippen molar-refractivity contribution < 1.29 is 14.4 Å². The number of hydrogen-bond donors (Lipinski definition) is 1. The van der Waals surface area contributed by atoms with Gasteiger partial charge in [0.15, 0.2) is 0 Å². The van der Waals surface area contributed by atoms with E-state index in [0.717, 1.165) is 29.7 Å². The minimum atomic E-state index is -0.318. The number of benzene rings is 2. The second-order valence-electron chi connectivity index (χ2n) is 8.39. The molecular weight excluding hydrogens is 536 g/mol.